The van der Waals surface area contributed by atoms with E-state index in [0.29, 0.717) is 40.1 Å². The third-order valence-corrected chi connectivity index (χ3v) is 5.46. The molecule has 9 nitrogen and oxygen atoms in total. The average Bonchev–Trinajstić information content (AvgIpc) is 3.29. The standard InChI is InChI=1S/C24H27N7O2/c1-11(2)17(25)10-20(26-6)30-24-22-15-9-19(32-7)16(21-12(3)31-33-13(21)4)8-18(15)29-23(22)27-14(5)28-24/h8-10,25-26H,1H2,2-7H3,(H2,27,28,29,30)/b20-10+,25-17?. The van der Waals surface area contributed by atoms with Crippen LogP contribution in [0.1, 0.15) is 24.2 Å². The van der Waals surface area contributed by atoms with Gasteiger partial charge in [0.05, 0.1) is 29.5 Å². The van der Waals surface area contributed by atoms with E-state index in [4.69, 9.17) is 14.7 Å². The Bertz CT molecular complexity index is 1420. The molecule has 0 fully saturated rings. The first-order valence-corrected chi connectivity index (χ1v) is 10.5. The zero-order chi connectivity index (χ0) is 23.9. The van der Waals surface area contributed by atoms with Gasteiger partial charge in [0.2, 0.25) is 0 Å². The minimum Gasteiger partial charge on any atom is -0.496 e. The monoisotopic (exact) mass is 445 g/mol. The van der Waals surface area contributed by atoms with Crippen LogP contribution >= 0.6 is 0 Å². The molecule has 0 aliphatic carbocycles. The lowest BCUT2D eigenvalue weighted by atomic mass is 10.0. The van der Waals surface area contributed by atoms with Gasteiger partial charge in [-0.05, 0) is 45.4 Å². The van der Waals surface area contributed by atoms with Crippen LogP contribution in [0.5, 0.6) is 5.75 Å². The van der Waals surface area contributed by atoms with Crippen LogP contribution in [0.3, 0.4) is 0 Å². The number of hydrogen-bond acceptors (Lipinski definition) is 8. The minimum absolute atomic E-state index is 0.318. The van der Waals surface area contributed by atoms with Crippen LogP contribution in [-0.2, 0) is 0 Å². The molecule has 0 aliphatic heterocycles. The maximum absolute atomic E-state index is 8.10. The zero-order valence-electron chi connectivity index (χ0n) is 19.6. The van der Waals surface area contributed by atoms with Crippen LogP contribution in [0.2, 0.25) is 0 Å². The second-order valence-corrected chi connectivity index (χ2v) is 7.89. The molecule has 33 heavy (non-hydrogen) atoms. The number of aromatic nitrogens is 4. The topological polar surface area (TPSA) is 125 Å². The fourth-order valence-electron chi connectivity index (χ4n) is 3.82. The molecule has 0 bridgehead atoms. The highest BCUT2D eigenvalue weighted by atomic mass is 16.5. The van der Waals surface area contributed by atoms with Crippen molar-refractivity contribution in [1.29, 1.82) is 5.41 Å². The van der Waals surface area contributed by atoms with Crippen LogP contribution in [0.25, 0.3) is 33.1 Å². The number of nitrogens with one attached hydrogen (secondary N) is 4. The number of benzene rings is 1. The number of nitrogens with zero attached hydrogens (tertiary/aromatic N) is 3. The number of anilines is 1. The lowest BCUT2D eigenvalue weighted by molar-refractivity contribution is 0.393. The van der Waals surface area contributed by atoms with E-state index in [-0.39, 0.29) is 0 Å². The summed E-state index contributed by atoms with van der Waals surface area (Å²) in [5.74, 6) is 3.27. The smallest absolute Gasteiger partial charge is 0.145 e. The predicted molar refractivity (Wildman–Crippen MR) is 131 cm³/mol. The number of aryl methyl sites for hydroxylation is 3. The van der Waals surface area contributed by atoms with E-state index in [1.54, 1.807) is 27.2 Å². The highest BCUT2D eigenvalue weighted by Gasteiger charge is 2.20. The molecule has 3 heterocycles. The highest BCUT2D eigenvalue weighted by molar-refractivity contribution is 6.13. The van der Waals surface area contributed by atoms with Crippen LogP contribution in [0, 0.1) is 26.2 Å². The van der Waals surface area contributed by atoms with Crippen molar-refractivity contribution in [2.24, 2.45) is 0 Å². The summed E-state index contributed by atoms with van der Waals surface area (Å²) >= 11 is 0. The van der Waals surface area contributed by atoms with Gasteiger partial charge in [0.15, 0.2) is 0 Å². The lowest BCUT2D eigenvalue weighted by Gasteiger charge is -2.12. The quantitative estimate of drug-likeness (QED) is 0.302. The molecule has 0 aliphatic rings. The Balaban J connectivity index is 1.94. The van der Waals surface area contributed by atoms with Crippen molar-refractivity contribution in [3.05, 3.63) is 53.5 Å². The third-order valence-electron chi connectivity index (χ3n) is 5.46. The maximum atomic E-state index is 8.10. The van der Waals surface area contributed by atoms with Gasteiger partial charge in [-0.15, -0.1) is 0 Å². The first kappa shape index (κ1) is 22.1. The Morgan fingerprint density at radius 1 is 1.24 bits per heavy atom. The van der Waals surface area contributed by atoms with Crippen molar-refractivity contribution in [3.63, 3.8) is 0 Å². The van der Waals surface area contributed by atoms with Crippen molar-refractivity contribution in [3.8, 4) is 16.9 Å². The molecule has 9 heteroatoms. The van der Waals surface area contributed by atoms with Crippen molar-refractivity contribution < 1.29 is 9.26 Å². The average molecular weight is 446 g/mol. The molecule has 0 atom stereocenters. The molecule has 170 valence electrons. The Labute approximate surface area is 191 Å². The molecule has 0 unspecified atom stereocenters. The van der Waals surface area contributed by atoms with Crippen molar-refractivity contribution in [2.45, 2.75) is 27.7 Å². The maximum Gasteiger partial charge on any atom is 0.145 e. The van der Waals surface area contributed by atoms with Gasteiger partial charge in [0.25, 0.3) is 0 Å². The first-order valence-electron chi connectivity index (χ1n) is 10.5. The first-order chi connectivity index (χ1) is 15.7. The zero-order valence-corrected chi connectivity index (χ0v) is 19.6. The summed E-state index contributed by atoms with van der Waals surface area (Å²) in [6.45, 7) is 11.3. The normalized spacial score (nSPS) is 11.8. The summed E-state index contributed by atoms with van der Waals surface area (Å²) < 4.78 is 11.1. The third kappa shape index (κ3) is 3.93. The number of ether oxygens (including phenoxy) is 1. The Kier molecular flexibility index (Phi) is 5.63. The number of allylic oxidation sites excluding steroid dienone is 2. The molecular formula is C24H27N7O2. The Morgan fingerprint density at radius 2 is 2.00 bits per heavy atom. The van der Waals surface area contributed by atoms with E-state index in [1.807, 2.05) is 32.9 Å². The van der Waals surface area contributed by atoms with Gasteiger partial charge < -0.3 is 30.3 Å². The summed E-state index contributed by atoms with van der Waals surface area (Å²) in [6, 6.07) is 3.99. The van der Waals surface area contributed by atoms with Gasteiger partial charge >= 0.3 is 0 Å². The second-order valence-electron chi connectivity index (χ2n) is 7.89. The largest absolute Gasteiger partial charge is 0.496 e. The molecular weight excluding hydrogens is 418 g/mol. The molecule has 0 radical (unpaired) electrons. The Morgan fingerprint density at radius 3 is 2.61 bits per heavy atom. The molecule has 0 saturated carbocycles. The molecule has 4 N–H and O–H groups in total. The number of aromatic amines is 1. The van der Waals surface area contributed by atoms with Crippen molar-refractivity contribution in [2.75, 3.05) is 19.5 Å². The second kappa shape index (κ2) is 8.42. The Hall–Kier alpha value is -4.14. The molecule has 0 amide bonds. The molecule has 3 aromatic heterocycles. The summed E-state index contributed by atoms with van der Waals surface area (Å²) in [4.78, 5) is 12.7. The van der Waals surface area contributed by atoms with Gasteiger partial charge in [0.1, 0.15) is 34.6 Å². The highest BCUT2D eigenvalue weighted by Crippen LogP contribution is 2.40. The summed E-state index contributed by atoms with van der Waals surface area (Å²) in [7, 11) is 3.42. The molecule has 0 spiro atoms. The molecule has 4 rings (SSSR count). The summed E-state index contributed by atoms with van der Waals surface area (Å²) in [6.07, 6.45) is 1.68. The predicted octanol–water partition coefficient (Wildman–Crippen LogP) is 4.77. The van der Waals surface area contributed by atoms with E-state index < -0.39 is 0 Å². The number of hydrogen-bond donors (Lipinski definition) is 4. The van der Waals surface area contributed by atoms with Gasteiger partial charge in [-0.2, -0.15) is 0 Å². The van der Waals surface area contributed by atoms with Crippen LogP contribution in [-0.4, -0.2) is 40.0 Å². The van der Waals surface area contributed by atoms with E-state index in [9.17, 15) is 0 Å². The van der Waals surface area contributed by atoms with E-state index >= 15 is 0 Å². The van der Waals surface area contributed by atoms with E-state index in [2.05, 4.69) is 37.3 Å². The summed E-state index contributed by atoms with van der Waals surface area (Å²) in [5, 5.41) is 20.3. The van der Waals surface area contributed by atoms with Crippen molar-refractivity contribution in [1.82, 2.24) is 25.4 Å². The minimum atomic E-state index is 0.318. The number of H-pyrrole nitrogens is 1. The SMILES string of the molecule is C=C(C)C(=N)/C=C(\NC)Nc1nc(C)nc2[nH]c3cc(-c4c(C)noc4C)c(OC)cc3c12. The van der Waals surface area contributed by atoms with Crippen LogP contribution in [0.4, 0.5) is 5.82 Å². The van der Waals surface area contributed by atoms with Crippen LogP contribution in [0.15, 0.2) is 40.7 Å². The molecule has 4 aromatic rings. The fraction of sp³-hybridized carbons (Fsp3) is 0.250. The van der Waals surface area contributed by atoms with Crippen LogP contribution < -0.4 is 15.4 Å². The number of fused-ring (bicyclic) bond motifs is 3. The lowest BCUT2D eigenvalue weighted by Crippen LogP contribution is -2.17. The van der Waals surface area contributed by atoms with Gasteiger partial charge in [-0.25, -0.2) is 9.97 Å². The van der Waals surface area contributed by atoms with Gasteiger partial charge in [-0.3, -0.25) is 0 Å². The fourth-order valence-corrected chi connectivity index (χ4v) is 3.82. The summed E-state index contributed by atoms with van der Waals surface area (Å²) in [5.41, 5.74) is 5.15. The van der Waals surface area contributed by atoms with Gasteiger partial charge in [0, 0.05) is 29.6 Å². The number of methoxy groups -OCH3 is 1. The number of rotatable bonds is 7. The molecule has 0 saturated heterocycles. The van der Waals surface area contributed by atoms with Gasteiger partial charge in [-0.1, -0.05) is 11.7 Å². The van der Waals surface area contributed by atoms with E-state index in [0.717, 1.165) is 38.9 Å². The van der Waals surface area contributed by atoms with Crippen molar-refractivity contribution >= 4 is 33.5 Å². The molecule has 1 aromatic carbocycles. The van der Waals surface area contributed by atoms with E-state index in [1.165, 1.54) is 0 Å².